The maximum absolute atomic E-state index is 12.2. The number of hydrogen-bond acceptors (Lipinski definition) is 3. The number of carbonyl (C=O) groups is 2. The van der Waals surface area contributed by atoms with E-state index in [0.29, 0.717) is 22.9 Å². The van der Waals surface area contributed by atoms with Crippen LogP contribution in [0.25, 0.3) is 0 Å². The third-order valence-corrected chi connectivity index (χ3v) is 4.71. The summed E-state index contributed by atoms with van der Waals surface area (Å²) < 4.78 is 0. The Kier molecular flexibility index (Phi) is 6.70. The summed E-state index contributed by atoms with van der Waals surface area (Å²) in [5.74, 6) is 0.296. The molecule has 0 saturated heterocycles. The van der Waals surface area contributed by atoms with Crippen molar-refractivity contribution in [3.8, 4) is 0 Å². The van der Waals surface area contributed by atoms with E-state index in [4.69, 9.17) is 11.6 Å². The van der Waals surface area contributed by atoms with Crippen LogP contribution in [0.4, 0.5) is 0 Å². The molecule has 0 aliphatic rings. The molecule has 2 aromatic carbocycles. The van der Waals surface area contributed by atoms with Gasteiger partial charge in [-0.25, -0.2) is 0 Å². The Morgan fingerprint density at radius 3 is 2.29 bits per heavy atom. The fraction of sp³-hybridized carbons (Fsp3) is 0.222. The number of benzene rings is 2. The van der Waals surface area contributed by atoms with E-state index < -0.39 is 0 Å². The summed E-state index contributed by atoms with van der Waals surface area (Å²) in [7, 11) is 3.37. The van der Waals surface area contributed by atoms with Gasteiger partial charge >= 0.3 is 0 Å². The number of nitrogens with zero attached hydrogens (tertiary/aromatic N) is 1. The molecule has 0 atom stereocenters. The molecule has 0 heterocycles. The molecule has 0 aromatic heterocycles. The van der Waals surface area contributed by atoms with Crippen molar-refractivity contribution in [2.75, 3.05) is 19.8 Å². The van der Waals surface area contributed by atoms with E-state index in [-0.39, 0.29) is 11.8 Å². The number of carbonyl (C=O) groups excluding carboxylic acids is 2. The van der Waals surface area contributed by atoms with Crippen LogP contribution in [0.5, 0.6) is 0 Å². The van der Waals surface area contributed by atoms with Crippen molar-refractivity contribution >= 4 is 35.2 Å². The lowest BCUT2D eigenvalue weighted by atomic mass is 10.1. The van der Waals surface area contributed by atoms with Crippen LogP contribution in [-0.2, 0) is 11.3 Å². The Balaban J connectivity index is 1.86. The normalized spacial score (nSPS) is 10.3. The molecule has 0 bridgehead atoms. The zero-order valence-corrected chi connectivity index (χ0v) is 15.2. The van der Waals surface area contributed by atoms with Crippen LogP contribution >= 0.6 is 23.4 Å². The van der Waals surface area contributed by atoms with Crippen LogP contribution in [0.3, 0.4) is 0 Å². The second-order valence-electron chi connectivity index (χ2n) is 5.27. The molecule has 6 heteroatoms. The third kappa shape index (κ3) is 5.28. The smallest absolute Gasteiger partial charge is 0.251 e. The van der Waals surface area contributed by atoms with Gasteiger partial charge in [0.25, 0.3) is 5.91 Å². The van der Waals surface area contributed by atoms with Gasteiger partial charge in [0, 0.05) is 36.1 Å². The van der Waals surface area contributed by atoms with Gasteiger partial charge in [-0.1, -0.05) is 23.7 Å². The molecule has 1 N–H and O–H groups in total. The molecule has 0 aliphatic heterocycles. The first-order chi connectivity index (χ1) is 11.5. The van der Waals surface area contributed by atoms with Gasteiger partial charge in [0.2, 0.25) is 5.91 Å². The fourth-order valence-corrected chi connectivity index (χ4v) is 3.02. The van der Waals surface area contributed by atoms with Gasteiger partial charge < -0.3 is 10.2 Å². The van der Waals surface area contributed by atoms with Crippen molar-refractivity contribution in [3.63, 3.8) is 0 Å². The van der Waals surface area contributed by atoms with Crippen LogP contribution in [0.2, 0.25) is 5.02 Å². The molecule has 24 heavy (non-hydrogen) atoms. The summed E-state index contributed by atoms with van der Waals surface area (Å²) in [5.41, 5.74) is 1.59. The highest BCUT2D eigenvalue weighted by Gasteiger charge is 2.10. The van der Waals surface area contributed by atoms with E-state index in [0.717, 1.165) is 10.5 Å². The fourth-order valence-electron chi connectivity index (χ4n) is 2.05. The molecule has 0 fully saturated rings. The highest BCUT2D eigenvalue weighted by atomic mass is 35.5. The van der Waals surface area contributed by atoms with Crippen LogP contribution < -0.4 is 5.32 Å². The Bertz CT molecular complexity index is 702. The Hall–Kier alpha value is -1.98. The molecule has 0 unspecified atom stereocenters. The predicted octanol–water partition coefficient (Wildman–Crippen LogP) is 3.45. The van der Waals surface area contributed by atoms with E-state index >= 15 is 0 Å². The molecule has 0 radical (unpaired) electrons. The van der Waals surface area contributed by atoms with Crippen molar-refractivity contribution in [3.05, 3.63) is 64.7 Å². The molecule has 126 valence electrons. The molecule has 0 aliphatic carbocycles. The van der Waals surface area contributed by atoms with Crippen molar-refractivity contribution < 1.29 is 9.59 Å². The third-order valence-electron chi connectivity index (χ3n) is 3.46. The summed E-state index contributed by atoms with van der Waals surface area (Å²) in [5, 5.41) is 3.26. The first-order valence-corrected chi connectivity index (χ1v) is 8.79. The minimum Gasteiger partial charge on any atom is -0.355 e. The monoisotopic (exact) mass is 362 g/mol. The second-order valence-corrected chi connectivity index (χ2v) is 6.75. The standard InChI is InChI=1S/C18H19ClN2O2S/c1-20-18(23)14-5-3-13(4-6-14)11-21(2)17(22)12-24-16-9-7-15(19)8-10-16/h3-10H,11-12H2,1-2H3,(H,20,23). The lowest BCUT2D eigenvalue weighted by Crippen LogP contribution is -2.27. The maximum atomic E-state index is 12.2. The van der Waals surface area contributed by atoms with Crippen LogP contribution in [0.15, 0.2) is 53.4 Å². The average molecular weight is 363 g/mol. The molecule has 0 spiro atoms. The van der Waals surface area contributed by atoms with Gasteiger partial charge in [-0.3, -0.25) is 9.59 Å². The van der Waals surface area contributed by atoms with Crippen molar-refractivity contribution in [2.24, 2.45) is 0 Å². The van der Waals surface area contributed by atoms with Gasteiger partial charge in [-0.05, 0) is 42.0 Å². The first-order valence-electron chi connectivity index (χ1n) is 7.43. The van der Waals surface area contributed by atoms with E-state index in [2.05, 4.69) is 5.32 Å². The minimum absolute atomic E-state index is 0.0466. The van der Waals surface area contributed by atoms with Gasteiger partial charge in [0.1, 0.15) is 0 Å². The van der Waals surface area contributed by atoms with Crippen molar-refractivity contribution in [1.29, 1.82) is 0 Å². The second kappa shape index (κ2) is 8.76. The summed E-state index contributed by atoms with van der Waals surface area (Å²) in [4.78, 5) is 26.4. The quantitative estimate of drug-likeness (QED) is 0.801. The summed E-state index contributed by atoms with van der Waals surface area (Å²) in [6.45, 7) is 0.508. The molecule has 2 aromatic rings. The number of rotatable bonds is 6. The number of amides is 2. The molecule has 0 saturated carbocycles. The zero-order valence-electron chi connectivity index (χ0n) is 13.6. The highest BCUT2D eigenvalue weighted by Crippen LogP contribution is 2.20. The van der Waals surface area contributed by atoms with Crippen molar-refractivity contribution in [1.82, 2.24) is 10.2 Å². The van der Waals surface area contributed by atoms with E-state index in [1.54, 1.807) is 31.1 Å². The molecular formula is C18H19ClN2O2S. The average Bonchev–Trinajstić information content (AvgIpc) is 2.60. The van der Waals surface area contributed by atoms with E-state index in [1.165, 1.54) is 11.8 Å². The highest BCUT2D eigenvalue weighted by molar-refractivity contribution is 8.00. The summed E-state index contributed by atoms with van der Waals surface area (Å²) in [6.07, 6.45) is 0. The first kappa shape index (κ1) is 18.4. The molecular weight excluding hydrogens is 344 g/mol. The Labute approximate surface area is 151 Å². The van der Waals surface area contributed by atoms with Crippen LogP contribution in [-0.4, -0.2) is 36.6 Å². The Morgan fingerprint density at radius 2 is 1.71 bits per heavy atom. The molecule has 2 rings (SSSR count). The van der Waals surface area contributed by atoms with Gasteiger partial charge in [-0.2, -0.15) is 0 Å². The van der Waals surface area contributed by atoms with Gasteiger partial charge in [-0.15, -0.1) is 11.8 Å². The topological polar surface area (TPSA) is 49.4 Å². The lowest BCUT2D eigenvalue weighted by molar-refractivity contribution is -0.127. The lowest BCUT2D eigenvalue weighted by Gasteiger charge is -2.17. The molecule has 4 nitrogen and oxygen atoms in total. The number of thioether (sulfide) groups is 1. The van der Waals surface area contributed by atoms with Crippen molar-refractivity contribution in [2.45, 2.75) is 11.4 Å². The number of nitrogens with one attached hydrogen (secondary N) is 1. The van der Waals surface area contributed by atoms with Gasteiger partial charge in [0.05, 0.1) is 5.75 Å². The minimum atomic E-state index is -0.120. The van der Waals surface area contributed by atoms with Crippen LogP contribution in [0.1, 0.15) is 15.9 Å². The maximum Gasteiger partial charge on any atom is 0.251 e. The van der Waals surface area contributed by atoms with E-state index in [1.807, 2.05) is 36.4 Å². The van der Waals surface area contributed by atoms with E-state index in [9.17, 15) is 9.59 Å². The SMILES string of the molecule is CNC(=O)c1ccc(CN(C)C(=O)CSc2ccc(Cl)cc2)cc1. The number of halogens is 1. The largest absolute Gasteiger partial charge is 0.355 e. The summed E-state index contributed by atoms with van der Waals surface area (Å²) in [6, 6.07) is 14.7. The molecule has 2 amide bonds. The van der Waals surface area contributed by atoms with Crippen LogP contribution in [0, 0.1) is 0 Å². The Morgan fingerprint density at radius 1 is 1.08 bits per heavy atom. The van der Waals surface area contributed by atoms with Gasteiger partial charge in [0.15, 0.2) is 0 Å². The number of hydrogen-bond donors (Lipinski definition) is 1. The zero-order chi connectivity index (χ0) is 17.5. The predicted molar refractivity (Wildman–Crippen MR) is 98.5 cm³/mol. The summed E-state index contributed by atoms with van der Waals surface area (Å²) >= 11 is 7.33.